The summed E-state index contributed by atoms with van der Waals surface area (Å²) < 4.78 is 0. The lowest BCUT2D eigenvalue weighted by Gasteiger charge is -2.32. The standard InChI is InChI=1S/C31H34Cl2N2O2/c1-22-11-13-23(14-12-22)15-18-30(36)35(21-25-16-17-26(32)20-28(25)33)29(19-24-7-3-2-4-8-24)31(37)34-27-9-5-6-10-27/h2-4,7-8,11-14,16-17,20,27,29H,5-6,9-10,15,18-19,21H2,1H3,(H,34,37)/t29-/m1/s1. The minimum Gasteiger partial charge on any atom is -0.352 e. The fourth-order valence-corrected chi connectivity index (χ4v) is 5.37. The first-order valence-corrected chi connectivity index (χ1v) is 13.8. The van der Waals surface area contributed by atoms with Crippen LogP contribution in [0.25, 0.3) is 0 Å². The summed E-state index contributed by atoms with van der Waals surface area (Å²) in [5, 5.41) is 4.26. The number of amides is 2. The van der Waals surface area contributed by atoms with Gasteiger partial charge in [0.05, 0.1) is 0 Å². The number of aryl methyl sites for hydroxylation is 2. The van der Waals surface area contributed by atoms with Crippen LogP contribution in [-0.2, 0) is 29.0 Å². The van der Waals surface area contributed by atoms with Crippen LogP contribution in [0.3, 0.4) is 0 Å². The van der Waals surface area contributed by atoms with E-state index in [1.165, 1.54) is 5.56 Å². The maximum absolute atomic E-state index is 13.8. The molecule has 0 radical (unpaired) electrons. The Morgan fingerprint density at radius 1 is 0.946 bits per heavy atom. The van der Waals surface area contributed by atoms with Crippen LogP contribution in [-0.4, -0.2) is 28.8 Å². The Balaban J connectivity index is 1.63. The smallest absolute Gasteiger partial charge is 0.243 e. The first kappa shape index (κ1) is 27.2. The molecular formula is C31H34Cl2N2O2. The molecule has 1 atom stereocenters. The Kier molecular flexibility index (Phi) is 9.65. The Bertz CT molecular complexity index is 1190. The van der Waals surface area contributed by atoms with Crippen molar-refractivity contribution in [2.24, 2.45) is 0 Å². The molecule has 194 valence electrons. The molecule has 0 aromatic heterocycles. The third-order valence-electron chi connectivity index (χ3n) is 7.08. The molecule has 1 N–H and O–H groups in total. The largest absolute Gasteiger partial charge is 0.352 e. The van der Waals surface area contributed by atoms with Crippen LogP contribution >= 0.6 is 23.2 Å². The van der Waals surface area contributed by atoms with Crippen LogP contribution in [0.1, 0.15) is 54.4 Å². The third kappa shape index (κ3) is 7.83. The molecule has 0 heterocycles. The molecule has 0 spiro atoms. The van der Waals surface area contributed by atoms with E-state index in [0.29, 0.717) is 29.3 Å². The van der Waals surface area contributed by atoms with Gasteiger partial charge in [0.1, 0.15) is 6.04 Å². The van der Waals surface area contributed by atoms with Crippen LogP contribution in [0, 0.1) is 6.92 Å². The zero-order valence-electron chi connectivity index (χ0n) is 21.3. The summed E-state index contributed by atoms with van der Waals surface area (Å²) in [7, 11) is 0. The Labute approximate surface area is 230 Å². The van der Waals surface area contributed by atoms with E-state index in [1.807, 2.05) is 43.3 Å². The van der Waals surface area contributed by atoms with Crippen molar-refractivity contribution in [3.8, 4) is 0 Å². The van der Waals surface area contributed by atoms with Crippen molar-refractivity contribution >= 4 is 35.0 Å². The van der Waals surface area contributed by atoms with E-state index in [9.17, 15) is 9.59 Å². The van der Waals surface area contributed by atoms with Gasteiger partial charge in [0, 0.05) is 35.5 Å². The van der Waals surface area contributed by atoms with Crippen molar-refractivity contribution in [1.82, 2.24) is 10.2 Å². The molecule has 3 aromatic rings. The second-order valence-corrected chi connectivity index (χ2v) is 10.8. The quantitative estimate of drug-likeness (QED) is 0.305. The Hall–Kier alpha value is -2.82. The number of nitrogens with one attached hydrogen (secondary N) is 1. The fourth-order valence-electron chi connectivity index (χ4n) is 4.90. The van der Waals surface area contributed by atoms with Gasteiger partial charge >= 0.3 is 0 Å². The maximum atomic E-state index is 13.8. The van der Waals surface area contributed by atoms with Gasteiger partial charge < -0.3 is 10.2 Å². The SMILES string of the molecule is Cc1ccc(CCC(=O)N(Cc2ccc(Cl)cc2Cl)[C@H](Cc2ccccc2)C(=O)NC2CCCC2)cc1. The van der Waals surface area contributed by atoms with Gasteiger partial charge in [-0.15, -0.1) is 0 Å². The minimum absolute atomic E-state index is 0.0749. The average molecular weight is 538 g/mol. The van der Waals surface area contributed by atoms with Crippen molar-refractivity contribution in [3.05, 3.63) is 105 Å². The van der Waals surface area contributed by atoms with Gasteiger partial charge in [-0.1, -0.05) is 102 Å². The maximum Gasteiger partial charge on any atom is 0.243 e. The van der Waals surface area contributed by atoms with Gasteiger partial charge in [-0.05, 0) is 55.0 Å². The highest BCUT2D eigenvalue weighted by Crippen LogP contribution is 2.25. The zero-order valence-corrected chi connectivity index (χ0v) is 22.8. The molecule has 3 aromatic carbocycles. The Morgan fingerprint density at radius 3 is 2.32 bits per heavy atom. The summed E-state index contributed by atoms with van der Waals surface area (Å²) in [5.74, 6) is -0.182. The van der Waals surface area contributed by atoms with E-state index in [1.54, 1.807) is 17.0 Å². The predicted octanol–water partition coefficient (Wildman–Crippen LogP) is 6.93. The van der Waals surface area contributed by atoms with Gasteiger partial charge in [0.25, 0.3) is 0 Å². The fraction of sp³-hybridized carbons (Fsp3) is 0.355. The van der Waals surface area contributed by atoms with E-state index in [2.05, 4.69) is 29.6 Å². The lowest BCUT2D eigenvalue weighted by molar-refractivity contribution is -0.141. The Morgan fingerprint density at radius 2 is 1.65 bits per heavy atom. The molecule has 37 heavy (non-hydrogen) atoms. The molecule has 1 fully saturated rings. The molecule has 4 nitrogen and oxygen atoms in total. The van der Waals surface area contributed by atoms with Crippen LogP contribution in [0.2, 0.25) is 10.0 Å². The van der Waals surface area contributed by atoms with Crippen LogP contribution < -0.4 is 5.32 Å². The highest BCUT2D eigenvalue weighted by atomic mass is 35.5. The first-order valence-electron chi connectivity index (χ1n) is 13.0. The van der Waals surface area contributed by atoms with Crippen LogP contribution in [0.5, 0.6) is 0 Å². The van der Waals surface area contributed by atoms with Crippen molar-refractivity contribution < 1.29 is 9.59 Å². The molecule has 2 amide bonds. The number of carbonyl (C=O) groups excluding carboxylic acids is 2. The molecular weight excluding hydrogens is 503 g/mol. The normalized spacial score (nSPS) is 14.4. The minimum atomic E-state index is -0.653. The van der Waals surface area contributed by atoms with Gasteiger partial charge in [0.2, 0.25) is 11.8 Å². The molecule has 0 bridgehead atoms. The molecule has 0 aliphatic heterocycles. The molecule has 0 saturated heterocycles. The van der Waals surface area contributed by atoms with Gasteiger partial charge in [-0.25, -0.2) is 0 Å². The summed E-state index contributed by atoms with van der Waals surface area (Å²) in [4.78, 5) is 29.3. The summed E-state index contributed by atoms with van der Waals surface area (Å²) in [6.45, 7) is 2.28. The third-order valence-corrected chi connectivity index (χ3v) is 7.66. The van der Waals surface area contributed by atoms with Gasteiger partial charge in [0.15, 0.2) is 0 Å². The van der Waals surface area contributed by atoms with Gasteiger partial charge in [-0.2, -0.15) is 0 Å². The van der Waals surface area contributed by atoms with Crippen molar-refractivity contribution in [2.45, 2.75) is 70.5 Å². The van der Waals surface area contributed by atoms with E-state index >= 15 is 0 Å². The lowest BCUT2D eigenvalue weighted by Crippen LogP contribution is -2.52. The number of hydrogen-bond donors (Lipinski definition) is 1. The molecule has 1 saturated carbocycles. The highest BCUT2D eigenvalue weighted by molar-refractivity contribution is 6.35. The summed E-state index contributed by atoms with van der Waals surface area (Å²) in [5.41, 5.74) is 4.05. The zero-order chi connectivity index (χ0) is 26.2. The summed E-state index contributed by atoms with van der Waals surface area (Å²) in [6, 6.07) is 22.9. The second kappa shape index (κ2) is 13.1. The lowest BCUT2D eigenvalue weighted by atomic mass is 10.0. The van der Waals surface area contributed by atoms with Gasteiger partial charge in [-0.3, -0.25) is 9.59 Å². The summed E-state index contributed by atoms with van der Waals surface area (Å²) in [6.07, 6.45) is 5.54. The number of benzene rings is 3. The van der Waals surface area contributed by atoms with Crippen LogP contribution in [0.4, 0.5) is 0 Å². The van der Waals surface area contributed by atoms with Crippen LogP contribution in [0.15, 0.2) is 72.8 Å². The van der Waals surface area contributed by atoms with E-state index in [-0.39, 0.29) is 24.4 Å². The molecule has 1 aliphatic rings. The molecule has 4 rings (SSSR count). The number of nitrogens with zero attached hydrogens (tertiary/aromatic N) is 1. The van der Waals surface area contributed by atoms with E-state index < -0.39 is 6.04 Å². The first-order chi connectivity index (χ1) is 17.9. The van der Waals surface area contributed by atoms with E-state index in [0.717, 1.165) is 42.4 Å². The van der Waals surface area contributed by atoms with Crippen molar-refractivity contribution in [1.29, 1.82) is 0 Å². The highest BCUT2D eigenvalue weighted by Gasteiger charge is 2.32. The van der Waals surface area contributed by atoms with E-state index in [4.69, 9.17) is 23.2 Å². The topological polar surface area (TPSA) is 49.4 Å². The second-order valence-electron chi connectivity index (χ2n) is 9.94. The number of hydrogen-bond acceptors (Lipinski definition) is 2. The number of halogens is 2. The average Bonchev–Trinajstić information content (AvgIpc) is 3.40. The summed E-state index contributed by atoms with van der Waals surface area (Å²) >= 11 is 12.7. The van der Waals surface area contributed by atoms with Crippen molar-refractivity contribution in [2.75, 3.05) is 0 Å². The molecule has 1 aliphatic carbocycles. The molecule has 6 heteroatoms. The predicted molar refractivity (Wildman–Crippen MR) is 151 cm³/mol. The monoisotopic (exact) mass is 536 g/mol. The molecule has 0 unspecified atom stereocenters. The van der Waals surface area contributed by atoms with Crippen molar-refractivity contribution in [3.63, 3.8) is 0 Å². The number of carbonyl (C=O) groups is 2. The number of rotatable bonds is 10.